The molecule has 0 aliphatic heterocycles. The predicted octanol–water partition coefficient (Wildman–Crippen LogP) is -0.557. The SMILES string of the molecule is N[13C](=O)[13C](Br)(Br)[13C](N)=O. The summed E-state index contributed by atoms with van der Waals surface area (Å²) < 4.78 is -1.60. The molecule has 0 aromatic rings. The number of rotatable bonds is 2. The summed E-state index contributed by atoms with van der Waals surface area (Å²) in [7, 11) is 0. The number of amides is 2. The Balaban J connectivity index is 4.38. The van der Waals surface area contributed by atoms with E-state index < -0.39 is 15.0 Å². The molecule has 0 rings (SSSR count). The van der Waals surface area contributed by atoms with Crippen molar-refractivity contribution in [1.29, 1.82) is 0 Å². The zero-order valence-corrected chi connectivity index (χ0v) is 7.40. The van der Waals surface area contributed by atoms with Gasteiger partial charge in [0, 0.05) is 0 Å². The molecular weight excluding hydrogens is 259 g/mol. The minimum atomic E-state index is -1.60. The van der Waals surface area contributed by atoms with Crippen molar-refractivity contribution in [2.24, 2.45) is 11.5 Å². The Kier molecular flexibility index (Phi) is 2.63. The number of alkyl halides is 2. The minimum Gasteiger partial charge on any atom is -0.367 e. The lowest BCUT2D eigenvalue weighted by Crippen LogP contribution is -2.43. The fourth-order valence-electron chi connectivity index (χ4n) is 0.121. The summed E-state index contributed by atoms with van der Waals surface area (Å²) in [6.07, 6.45) is 0. The van der Waals surface area contributed by atoms with Crippen molar-refractivity contribution < 1.29 is 9.59 Å². The van der Waals surface area contributed by atoms with E-state index >= 15 is 0 Å². The first-order valence-corrected chi connectivity index (χ1v) is 3.45. The van der Waals surface area contributed by atoms with Crippen LogP contribution in [0.1, 0.15) is 0 Å². The Morgan fingerprint density at radius 2 is 1.33 bits per heavy atom. The van der Waals surface area contributed by atoms with Crippen LogP contribution in [0.2, 0.25) is 0 Å². The summed E-state index contributed by atoms with van der Waals surface area (Å²) in [5.41, 5.74) is 9.48. The third kappa shape index (κ3) is 1.94. The number of nitrogens with two attached hydrogens (primary N) is 2. The van der Waals surface area contributed by atoms with Gasteiger partial charge in [0.2, 0.25) is 3.23 Å². The van der Waals surface area contributed by atoms with Gasteiger partial charge in [-0.25, -0.2) is 0 Å². The van der Waals surface area contributed by atoms with Crippen molar-refractivity contribution in [1.82, 2.24) is 0 Å². The van der Waals surface area contributed by atoms with E-state index in [-0.39, 0.29) is 0 Å². The van der Waals surface area contributed by atoms with E-state index in [9.17, 15) is 9.59 Å². The molecule has 4 nitrogen and oxygen atoms in total. The van der Waals surface area contributed by atoms with E-state index in [4.69, 9.17) is 11.5 Å². The molecule has 0 bridgehead atoms. The summed E-state index contributed by atoms with van der Waals surface area (Å²) in [6, 6.07) is 0. The van der Waals surface area contributed by atoms with E-state index in [1.54, 1.807) is 0 Å². The third-order valence-electron chi connectivity index (χ3n) is 0.619. The standard InChI is InChI=1S/C3H4Br2N2O2/c4-3(5,1(6)8)2(7)9/h(H2,6,8)(H2,7,9)/i1+1,2+1,3+1. The zero-order chi connectivity index (χ0) is 7.65. The van der Waals surface area contributed by atoms with E-state index in [1.165, 1.54) is 0 Å². The van der Waals surface area contributed by atoms with Crippen molar-refractivity contribution in [2.45, 2.75) is 3.23 Å². The molecule has 0 atom stereocenters. The molecule has 0 fully saturated rings. The highest BCUT2D eigenvalue weighted by Crippen LogP contribution is 2.24. The van der Waals surface area contributed by atoms with Crippen LogP contribution in [0.3, 0.4) is 0 Å². The smallest absolute Gasteiger partial charge is 0.254 e. The summed E-state index contributed by atoms with van der Waals surface area (Å²) in [5, 5.41) is 0. The quantitative estimate of drug-likeness (QED) is 0.397. The molecule has 0 heterocycles. The first-order valence-electron chi connectivity index (χ1n) is 1.86. The number of halogens is 2. The molecular formula is C3H4Br2N2O2. The van der Waals surface area contributed by atoms with Gasteiger partial charge in [0.25, 0.3) is 11.8 Å². The molecule has 0 unspecified atom stereocenters. The van der Waals surface area contributed by atoms with Gasteiger partial charge in [-0.15, -0.1) is 0 Å². The average Bonchev–Trinajstić information content (AvgIpc) is 1.65. The maximum absolute atomic E-state index is 10.3. The van der Waals surface area contributed by atoms with E-state index in [2.05, 4.69) is 31.9 Å². The number of primary amides is 2. The van der Waals surface area contributed by atoms with Gasteiger partial charge in [-0.1, -0.05) is 31.9 Å². The molecule has 0 aliphatic carbocycles. The maximum Gasteiger partial charge on any atom is 0.254 e. The molecule has 6 heteroatoms. The highest BCUT2D eigenvalue weighted by Gasteiger charge is 2.36. The minimum absolute atomic E-state index is 0.866. The highest BCUT2D eigenvalue weighted by atomic mass is 79.9. The monoisotopic (exact) mass is 261 g/mol. The number of carbonyl (C=O) groups excluding carboxylic acids is 2. The lowest BCUT2D eigenvalue weighted by atomic mass is 11.3. The normalized spacial score (nSPS) is 10.9. The molecule has 0 radical (unpaired) electrons. The van der Waals surface area contributed by atoms with Crippen LogP contribution in [0.5, 0.6) is 0 Å². The lowest BCUT2D eigenvalue weighted by Gasteiger charge is -2.09. The fraction of sp³-hybridized carbons (Fsp3) is 0.333. The average molecular weight is 263 g/mol. The fourth-order valence-corrected chi connectivity index (χ4v) is 0.121. The van der Waals surface area contributed by atoms with Gasteiger partial charge in [0.05, 0.1) is 0 Å². The molecule has 0 spiro atoms. The first-order chi connectivity index (χ1) is 3.89. The van der Waals surface area contributed by atoms with Gasteiger partial charge >= 0.3 is 0 Å². The van der Waals surface area contributed by atoms with Gasteiger partial charge in [0.1, 0.15) is 0 Å². The molecule has 2 amide bonds. The maximum atomic E-state index is 10.3. The van der Waals surface area contributed by atoms with Crippen LogP contribution < -0.4 is 11.5 Å². The Morgan fingerprint density at radius 1 is 1.11 bits per heavy atom. The van der Waals surface area contributed by atoms with E-state index in [0.717, 1.165) is 0 Å². The van der Waals surface area contributed by atoms with Crippen LogP contribution in [0, 0.1) is 0 Å². The van der Waals surface area contributed by atoms with Crippen molar-refractivity contribution in [2.75, 3.05) is 0 Å². The molecule has 0 aliphatic rings. The molecule has 0 aromatic carbocycles. The van der Waals surface area contributed by atoms with Gasteiger partial charge < -0.3 is 11.5 Å². The van der Waals surface area contributed by atoms with Crippen LogP contribution in [0.4, 0.5) is 0 Å². The first kappa shape index (κ1) is 8.90. The Labute approximate surface area is 68.2 Å². The zero-order valence-electron chi connectivity index (χ0n) is 4.23. The van der Waals surface area contributed by atoms with E-state index in [1.807, 2.05) is 0 Å². The second-order valence-electron chi connectivity index (χ2n) is 1.30. The van der Waals surface area contributed by atoms with Crippen LogP contribution in [0.25, 0.3) is 0 Å². The van der Waals surface area contributed by atoms with Crippen molar-refractivity contribution in [3.05, 3.63) is 0 Å². The van der Waals surface area contributed by atoms with Crippen LogP contribution in [-0.2, 0) is 9.59 Å². The third-order valence-corrected chi connectivity index (χ3v) is 2.18. The van der Waals surface area contributed by atoms with Crippen molar-refractivity contribution in [3.8, 4) is 0 Å². The van der Waals surface area contributed by atoms with Gasteiger partial charge in [-0.3, -0.25) is 9.59 Å². The summed E-state index contributed by atoms with van der Waals surface area (Å²) in [6.45, 7) is 0. The molecule has 0 aromatic heterocycles. The van der Waals surface area contributed by atoms with Gasteiger partial charge in [-0.2, -0.15) is 0 Å². The molecule has 0 saturated heterocycles. The summed E-state index contributed by atoms with van der Waals surface area (Å²) in [4.78, 5) is 20.6. The largest absolute Gasteiger partial charge is 0.367 e. The highest BCUT2D eigenvalue weighted by molar-refractivity contribution is 9.26. The molecule has 9 heavy (non-hydrogen) atoms. The number of hydrogen-bond donors (Lipinski definition) is 2. The van der Waals surface area contributed by atoms with Crippen LogP contribution in [0.15, 0.2) is 0 Å². The van der Waals surface area contributed by atoms with E-state index in [0.29, 0.717) is 0 Å². The molecule has 4 N–H and O–H groups in total. The van der Waals surface area contributed by atoms with Crippen molar-refractivity contribution in [3.63, 3.8) is 0 Å². The van der Waals surface area contributed by atoms with Crippen LogP contribution >= 0.6 is 31.9 Å². The second-order valence-corrected chi connectivity index (χ2v) is 4.75. The number of carbonyl (C=O) groups is 2. The Morgan fingerprint density at radius 3 is 1.33 bits per heavy atom. The van der Waals surface area contributed by atoms with Gasteiger partial charge in [-0.05, 0) is 0 Å². The van der Waals surface area contributed by atoms with Crippen molar-refractivity contribution >= 4 is 43.7 Å². The topological polar surface area (TPSA) is 86.2 Å². The van der Waals surface area contributed by atoms with Gasteiger partial charge in [0.15, 0.2) is 0 Å². The molecule has 0 saturated carbocycles. The van der Waals surface area contributed by atoms with Crippen LogP contribution in [-0.4, -0.2) is 15.0 Å². The summed E-state index contributed by atoms with van der Waals surface area (Å²) >= 11 is 5.36. The summed E-state index contributed by atoms with van der Waals surface area (Å²) in [5.74, 6) is -1.73. The second kappa shape index (κ2) is 2.66. The predicted molar refractivity (Wildman–Crippen MR) is 39.0 cm³/mol. The Bertz CT molecular complexity index is 140. The Hall–Kier alpha value is -0.100. The number of hydrogen-bond acceptors (Lipinski definition) is 2. The lowest BCUT2D eigenvalue weighted by molar-refractivity contribution is -0.125. The molecule has 52 valence electrons.